The first kappa shape index (κ1) is 22.5. The molecule has 2 heterocycles. The predicted octanol–water partition coefficient (Wildman–Crippen LogP) is 2.74. The smallest absolute Gasteiger partial charge is 0.410 e. The van der Waals surface area contributed by atoms with Crippen LogP contribution in [0.15, 0.2) is 0 Å². The fourth-order valence-corrected chi connectivity index (χ4v) is 4.02. The van der Waals surface area contributed by atoms with E-state index in [1.807, 2.05) is 44.4 Å². The monoisotopic (exact) mass is 395 g/mol. The molecule has 2 atom stereocenters. The molecule has 0 spiro atoms. The number of hydrogen-bond acceptors (Lipinski definition) is 4. The van der Waals surface area contributed by atoms with Crippen LogP contribution in [0.25, 0.3) is 0 Å². The second kappa shape index (κ2) is 9.14. The highest BCUT2D eigenvalue weighted by Crippen LogP contribution is 2.26. The number of amides is 3. The van der Waals surface area contributed by atoms with E-state index in [9.17, 15) is 14.4 Å². The topological polar surface area (TPSA) is 70.2 Å². The standard InChI is InChI=1S/C21H37N3O4/c1-15(2)18(25)23-11-7-9-16(13-23)19(26)24-12-8-10-17(24)14-22(6)20(27)28-21(3,4)5/h15-17H,7-14H2,1-6H3. The highest BCUT2D eigenvalue weighted by Gasteiger charge is 2.37. The summed E-state index contributed by atoms with van der Waals surface area (Å²) in [5, 5.41) is 0. The minimum absolute atomic E-state index is 0.0150. The summed E-state index contributed by atoms with van der Waals surface area (Å²) in [5.74, 6) is 0.0706. The quantitative estimate of drug-likeness (QED) is 0.734. The Bertz CT molecular complexity index is 585. The number of rotatable bonds is 4. The van der Waals surface area contributed by atoms with E-state index in [1.165, 1.54) is 0 Å². The van der Waals surface area contributed by atoms with Crippen LogP contribution < -0.4 is 0 Å². The van der Waals surface area contributed by atoms with Crippen molar-refractivity contribution in [3.8, 4) is 0 Å². The largest absolute Gasteiger partial charge is 0.444 e. The molecule has 160 valence electrons. The van der Waals surface area contributed by atoms with E-state index in [0.717, 1.165) is 38.8 Å². The molecule has 7 heteroatoms. The zero-order valence-corrected chi connectivity index (χ0v) is 18.4. The Hall–Kier alpha value is -1.79. The molecule has 0 radical (unpaired) electrons. The average molecular weight is 396 g/mol. The maximum Gasteiger partial charge on any atom is 0.410 e. The summed E-state index contributed by atoms with van der Waals surface area (Å²) in [6.07, 6.45) is 3.16. The van der Waals surface area contributed by atoms with Crippen molar-refractivity contribution in [3.05, 3.63) is 0 Å². The van der Waals surface area contributed by atoms with E-state index in [-0.39, 0.29) is 35.8 Å². The first-order valence-corrected chi connectivity index (χ1v) is 10.5. The fraction of sp³-hybridized carbons (Fsp3) is 0.857. The first-order valence-electron chi connectivity index (χ1n) is 10.5. The molecule has 0 aromatic rings. The number of piperidine rings is 1. The second-order valence-electron chi connectivity index (χ2n) is 9.47. The summed E-state index contributed by atoms with van der Waals surface area (Å²) in [4.78, 5) is 43.1. The van der Waals surface area contributed by atoms with Crippen LogP contribution in [-0.4, -0.2) is 77.5 Å². The molecule has 2 aliphatic rings. The fourth-order valence-electron chi connectivity index (χ4n) is 4.02. The zero-order chi connectivity index (χ0) is 21.1. The van der Waals surface area contributed by atoms with Gasteiger partial charge in [-0.2, -0.15) is 0 Å². The third-order valence-corrected chi connectivity index (χ3v) is 5.43. The summed E-state index contributed by atoms with van der Waals surface area (Å²) < 4.78 is 5.42. The van der Waals surface area contributed by atoms with Crippen molar-refractivity contribution in [3.63, 3.8) is 0 Å². The van der Waals surface area contributed by atoms with Crippen molar-refractivity contribution >= 4 is 17.9 Å². The van der Waals surface area contributed by atoms with Gasteiger partial charge in [0.25, 0.3) is 0 Å². The molecular formula is C21H37N3O4. The molecule has 2 rings (SSSR count). The Morgan fingerprint density at radius 1 is 1.11 bits per heavy atom. The summed E-state index contributed by atoms with van der Waals surface area (Å²) in [7, 11) is 1.72. The van der Waals surface area contributed by atoms with E-state index in [1.54, 1.807) is 11.9 Å². The van der Waals surface area contributed by atoms with Crippen LogP contribution in [0.5, 0.6) is 0 Å². The molecule has 2 unspecified atom stereocenters. The Balaban J connectivity index is 1.96. The van der Waals surface area contributed by atoms with Gasteiger partial charge in [-0.1, -0.05) is 13.8 Å². The predicted molar refractivity (Wildman–Crippen MR) is 108 cm³/mol. The first-order chi connectivity index (χ1) is 13.0. The average Bonchev–Trinajstić information content (AvgIpc) is 3.07. The summed E-state index contributed by atoms with van der Waals surface area (Å²) >= 11 is 0. The lowest BCUT2D eigenvalue weighted by molar-refractivity contribution is -0.143. The van der Waals surface area contributed by atoms with Gasteiger partial charge in [-0.15, -0.1) is 0 Å². The Morgan fingerprint density at radius 3 is 2.36 bits per heavy atom. The van der Waals surface area contributed by atoms with Gasteiger partial charge < -0.3 is 19.4 Å². The lowest BCUT2D eigenvalue weighted by Gasteiger charge is -2.37. The van der Waals surface area contributed by atoms with Gasteiger partial charge in [0, 0.05) is 45.2 Å². The summed E-state index contributed by atoms with van der Waals surface area (Å²) in [5.41, 5.74) is -0.537. The molecule has 0 bridgehead atoms. The summed E-state index contributed by atoms with van der Waals surface area (Å²) in [6.45, 7) is 11.8. The molecule has 0 N–H and O–H groups in total. The minimum atomic E-state index is -0.537. The van der Waals surface area contributed by atoms with Crippen molar-refractivity contribution in [2.45, 2.75) is 71.9 Å². The molecule has 0 saturated carbocycles. The van der Waals surface area contributed by atoms with Crippen LogP contribution in [0.3, 0.4) is 0 Å². The molecule has 7 nitrogen and oxygen atoms in total. The second-order valence-corrected chi connectivity index (χ2v) is 9.47. The number of likely N-dealkylation sites (N-methyl/N-ethyl adjacent to an activating group) is 1. The molecule has 2 aliphatic heterocycles. The number of carbonyl (C=O) groups is 3. The molecule has 0 aromatic heterocycles. The van der Waals surface area contributed by atoms with Gasteiger partial charge in [0.2, 0.25) is 11.8 Å². The maximum absolute atomic E-state index is 13.2. The molecule has 28 heavy (non-hydrogen) atoms. The Morgan fingerprint density at radius 2 is 1.75 bits per heavy atom. The van der Waals surface area contributed by atoms with Crippen molar-refractivity contribution in [2.75, 3.05) is 33.2 Å². The SMILES string of the molecule is CC(C)C(=O)N1CCCC(C(=O)N2CCCC2CN(C)C(=O)OC(C)(C)C)C1. The maximum atomic E-state index is 13.2. The van der Waals surface area contributed by atoms with Gasteiger partial charge >= 0.3 is 6.09 Å². The lowest BCUT2D eigenvalue weighted by atomic mass is 9.95. The van der Waals surface area contributed by atoms with Crippen LogP contribution in [0, 0.1) is 11.8 Å². The molecule has 0 aromatic carbocycles. The molecule has 2 fully saturated rings. The zero-order valence-electron chi connectivity index (χ0n) is 18.4. The number of likely N-dealkylation sites (tertiary alicyclic amines) is 2. The molecule has 3 amide bonds. The minimum Gasteiger partial charge on any atom is -0.444 e. The van der Waals surface area contributed by atoms with E-state index < -0.39 is 5.60 Å². The van der Waals surface area contributed by atoms with E-state index in [2.05, 4.69) is 0 Å². The van der Waals surface area contributed by atoms with E-state index >= 15 is 0 Å². The third-order valence-electron chi connectivity index (χ3n) is 5.43. The molecule has 2 saturated heterocycles. The molecular weight excluding hydrogens is 358 g/mol. The number of hydrogen-bond donors (Lipinski definition) is 0. The van der Waals surface area contributed by atoms with E-state index in [4.69, 9.17) is 4.74 Å². The number of nitrogens with zero attached hydrogens (tertiary/aromatic N) is 3. The van der Waals surface area contributed by atoms with Crippen LogP contribution in [-0.2, 0) is 14.3 Å². The van der Waals surface area contributed by atoms with Crippen molar-refractivity contribution in [2.24, 2.45) is 11.8 Å². The normalized spacial score (nSPS) is 23.1. The highest BCUT2D eigenvalue weighted by molar-refractivity contribution is 5.82. The van der Waals surface area contributed by atoms with Crippen molar-refractivity contribution in [1.82, 2.24) is 14.7 Å². The van der Waals surface area contributed by atoms with Crippen LogP contribution >= 0.6 is 0 Å². The van der Waals surface area contributed by atoms with E-state index in [0.29, 0.717) is 13.1 Å². The number of ether oxygens (including phenoxy) is 1. The lowest BCUT2D eigenvalue weighted by Crippen LogP contribution is -2.51. The van der Waals surface area contributed by atoms with Gasteiger partial charge in [-0.25, -0.2) is 4.79 Å². The summed E-state index contributed by atoms with van der Waals surface area (Å²) in [6, 6.07) is 0.0150. The van der Waals surface area contributed by atoms with Crippen LogP contribution in [0.1, 0.15) is 60.3 Å². The van der Waals surface area contributed by atoms with Gasteiger partial charge in [-0.3, -0.25) is 9.59 Å². The van der Waals surface area contributed by atoms with Gasteiger partial charge in [0.1, 0.15) is 5.60 Å². The van der Waals surface area contributed by atoms with Crippen molar-refractivity contribution in [1.29, 1.82) is 0 Å². The number of carbonyl (C=O) groups excluding carboxylic acids is 3. The molecule has 0 aliphatic carbocycles. The van der Waals surface area contributed by atoms with Gasteiger partial charge in [0.15, 0.2) is 0 Å². The van der Waals surface area contributed by atoms with Crippen LogP contribution in [0.2, 0.25) is 0 Å². The van der Waals surface area contributed by atoms with Gasteiger partial charge in [-0.05, 0) is 46.5 Å². The van der Waals surface area contributed by atoms with Gasteiger partial charge in [0.05, 0.1) is 5.92 Å². The van der Waals surface area contributed by atoms with Crippen molar-refractivity contribution < 1.29 is 19.1 Å². The highest BCUT2D eigenvalue weighted by atomic mass is 16.6. The van der Waals surface area contributed by atoms with Crippen LogP contribution in [0.4, 0.5) is 4.79 Å². The third kappa shape index (κ3) is 5.85. The Labute approximate surface area is 169 Å². The Kier molecular flexibility index (Phi) is 7.34.